The van der Waals surface area contributed by atoms with Crippen LogP contribution in [0, 0.1) is 5.92 Å². The van der Waals surface area contributed by atoms with Crippen LogP contribution in [-0.4, -0.2) is 26.3 Å². The van der Waals surface area contributed by atoms with Crippen LogP contribution in [0.25, 0.3) is 5.69 Å². The van der Waals surface area contributed by atoms with E-state index in [9.17, 15) is 14.7 Å². The molecule has 0 unspecified atom stereocenters. The highest BCUT2D eigenvalue weighted by molar-refractivity contribution is 7.99. The lowest BCUT2D eigenvalue weighted by molar-refractivity contribution is -0.115. The van der Waals surface area contributed by atoms with Crippen molar-refractivity contribution in [2.75, 3.05) is 11.1 Å². The summed E-state index contributed by atoms with van der Waals surface area (Å²) in [5.41, 5.74) is 0.818. The summed E-state index contributed by atoms with van der Waals surface area (Å²) in [5, 5.41) is 12.7. The van der Waals surface area contributed by atoms with E-state index in [-0.39, 0.29) is 23.6 Å². The summed E-state index contributed by atoms with van der Waals surface area (Å²) in [6, 6.07) is 6.44. The Balaban J connectivity index is 1.76. The van der Waals surface area contributed by atoms with Gasteiger partial charge in [0, 0.05) is 5.75 Å². The van der Waals surface area contributed by atoms with Crippen LogP contribution in [0.2, 0.25) is 0 Å². The Morgan fingerprint density at radius 2 is 2.00 bits per heavy atom. The fourth-order valence-electron chi connectivity index (χ4n) is 2.79. The van der Waals surface area contributed by atoms with E-state index in [0.29, 0.717) is 22.2 Å². The first-order chi connectivity index (χ1) is 11.6. The molecular weight excluding hydrogens is 326 g/mol. The molecule has 1 amide bonds. The Kier molecular flexibility index (Phi) is 3.80. The van der Waals surface area contributed by atoms with Crippen molar-refractivity contribution in [2.45, 2.75) is 30.8 Å². The van der Waals surface area contributed by atoms with E-state index < -0.39 is 0 Å². The van der Waals surface area contributed by atoms with Gasteiger partial charge in [-0.1, -0.05) is 24.6 Å². The highest BCUT2D eigenvalue weighted by atomic mass is 32.2. The van der Waals surface area contributed by atoms with E-state index in [1.54, 1.807) is 12.1 Å². The lowest BCUT2D eigenvalue weighted by Crippen LogP contribution is -2.24. The van der Waals surface area contributed by atoms with Crippen molar-refractivity contribution in [1.82, 2.24) is 9.55 Å². The van der Waals surface area contributed by atoms with Gasteiger partial charge in [-0.05, 0) is 36.6 Å². The maximum atomic E-state index is 12.9. The van der Waals surface area contributed by atoms with Crippen LogP contribution in [0.5, 0.6) is 5.75 Å². The van der Waals surface area contributed by atoms with E-state index in [0.717, 1.165) is 18.1 Å². The van der Waals surface area contributed by atoms with Crippen LogP contribution in [-0.2, 0) is 11.2 Å². The summed E-state index contributed by atoms with van der Waals surface area (Å²) >= 11 is 1.53. The summed E-state index contributed by atoms with van der Waals surface area (Å²) in [5.74, 6) is 2.02. The number of carbonyl (C=O) groups excluding carboxylic acids is 1. The number of hydrogen-bond acceptors (Lipinski definition) is 5. The highest BCUT2D eigenvalue weighted by Crippen LogP contribution is 2.35. The minimum absolute atomic E-state index is 0.0618. The molecule has 2 N–H and O–H groups in total. The first-order valence-electron chi connectivity index (χ1n) is 8.00. The molecule has 24 heavy (non-hydrogen) atoms. The number of phenolic OH excluding ortho intramolecular Hbond substituents is 1. The van der Waals surface area contributed by atoms with Crippen molar-refractivity contribution in [2.24, 2.45) is 5.92 Å². The van der Waals surface area contributed by atoms with Gasteiger partial charge in [-0.2, -0.15) is 0 Å². The van der Waals surface area contributed by atoms with Crippen molar-refractivity contribution < 1.29 is 9.90 Å². The largest absolute Gasteiger partial charge is 0.508 e. The number of phenols is 1. The van der Waals surface area contributed by atoms with Gasteiger partial charge in [-0.15, -0.1) is 0 Å². The standard InChI is InChI=1S/C17H17N3O3S/c21-12-5-3-11(4-6-12)20-16(23)13-9-14(22)18-15(13)19-17(20)24-8-7-10-1-2-10/h3-6,10,21H,1-2,7-9H2,(H,18,22). The lowest BCUT2D eigenvalue weighted by atomic mass is 10.2. The van der Waals surface area contributed by atoms with Crippen LogP contribution in [0.1, 0.15) is 24.8 Å². The molecule has 6 nitrogen and oxygen atoms in total. The van der Waals surface area contributed by atoms with Crippen molar-refractivity contribution in [1.29, 1.82) is 0 Å². The number of benzene rings is 1. The third-order valence-electron chi connectivity index (χ3n) is 4.30. The Bertz CT molecular complexity index is 857. The Morgan fingerprint density at radius 3 is 2.71 bits per heavy atom. The molecule has 124 valence electrons. The Hall–Kier alpha value is -2.28. The first kappa shape index (κ1) is 15.3. The second-order valence-corrected chi connectivity index (χ2v) is 7.25. The van der Waals surface area contributed by atoms with Gasteiger partial charge in [0.1, 0.15) is 11.6 Å². The van der Waals surface area contributed by atoms with Crippen LogP contribution in [0.15, 0.2) is 34.2 Å². The van der Waals surface area contributed by atoms with Gasteiger partial charge in [-0.25, -0.2) is 4.98 Å². The molecule has 2 aliphatic rings. The number of fused-ring (bicyclic) bond motifs is 1. The van der Waals surface area contributed by atoms with E-state index in [1.165, 1.54) is 41.3 Å². The number of amides is 1. The number of hydrogen-bond donors (Lipinski definition) is 2. The molecule has 0 radical (unpaired) electrons. The molecule has 1 aromatic heterocycles. The number of nitrogens with zero attached hydrogens (tertiary/aromatic N) is 2. The fraction of sp³-hybridized carbons (Fsp3) is 0.353. The molecule has 4 rings (SSSR count). The third-order valence-corrected chi connectivity index (χ3v) is 5.27. The van der Waals surface area contributed by atoms with E-state index in [4.69, 9.17) is 0 Å². The second-order valence-electron chi connectivity index (χ2n) is 6.18. The maximum absolute atomic E-state index is 12.9. The predicted molar refractivity (Wildman–Crippen MR) is 91.9 cm³/mol. The number of aromatic hydroxyl groups is 1. The molecule has 1 aliphatic carbocycles. The molecule has 2 heterocycles. The minimum Gasteiger partial charge on any atom is -0.508 e. The summed E-state index contributed by atoms with van der Waals surface area (Å²) in [7, 11) is 0. The van der Waals surface area contributed by atoms with Crippen molar-refractivity contribution in [3.63, 3.8) is 0 Å². The number of aromatic nitrogens is 2. The molecule has 1 saturated carbocycles. The summed E-state index contributed by atoms with van der Waals surface area (Å²) in [6.07, 6.45) is 3.75. The van der Waals surface area contributed by atoms with Crippen LogP contribution >= 0.6 is 11.8 Å². The molecule has 0 atom stereocenters. The smallest absolute Gasteiger partial charge is 0.264 e. The number of nitrogens with one attached hydrogen (secondary N) is 1. The molecule has 1 aliphatic heterocycles. The quantitative estimate of drug-likeness (QED) is 0.643. The molecule has 0 saturated heterocycles. The van der Waals surface area contributed by atoms with Gasteiger partial charge in [0.2, 0.25) is 5.91 Å². The number of anilines is 1. The van der Waals surface area contributed by atoms with E-state index in [1.807, 2.05) is 0 Å². The van der Waals surface area contributed by atoms with Crippen LogP contribution in [0.3, 0.4) is 0 Å². The highest BCUT2D eigenvalue weighted by Gasteiger charge is 2.27. The zero-order chi connectivity index (χ0) is 16.7. The molecule has 0 spiro atoms. The van der Waals surface area contributed by atoms with Gasteiger partial charge in [-0.3, -0.25) is 14.2 Å². The fourth-order valence-corrected chi connectivity index (χ4v) is 3.89. The maximum Gasteiger partial charge on any atom is 0.264 e. The normalized spacial score (nSPS) is 16.1. The first-order valence-corrected chi connectivity index (χ1v) is 8.98. The molecular formula is C17H17N3O3S. The molecule has 7 heteroatoms. The van der Waals surface area contributed by atoms with Crippen molar-refractivity contribution >= 4 is 23.5 Å². The third kappa shape index (κ3) is 2.91. The van der Waals surface area contributed by atoms with Crippen molar-refractivity contribution in [3.8, 4) is 11.4 Å². The average Bonchev–Trinajstić information content (AvgIpc) is 3.29. The minimum atomic E-state index is -0.224. The number of rotatable bonds is 5. The number of carbonyl (C=O) groups is 1. The average molecular weight is 343 g/mol. The molecule has 1 aromatic carbocycles. The summed E-state index contributed by atoms with van der Waals surface area (Å²) in [4.78, 5) is 29.0. The van der Waals surface area contributed by atoms with E-state index in [2.05, 4.69) is 10.3 Å². The molecule has 0 bridgehead atoms. The molecule has 1 fully saturated rings. The summed E-state index contributed by atoms with van der Waals surface area (Å²) in [6.45, 7) is 0. The topological polar surface area (TPSA) is 84.2 Å². The van der Waals surface area contributed by atoms with Gasteiger partial charge in [0.25, 0.3) is 5.56 Å². The summed E-state index contributed by atoms with van der Waals surface area (Å²) < 4.78 is 1.54. The monoisotopic (exact) mass is 343 g/mol. The second kappa shape index (κ2) is 5.98. The Labute approximate surface area is 142 Å². The number of thioether (sulfide) groups is 1. The SMILES string of the molecule is O=C1Cc2c(nc(SCCC3CC3)n(-c3ccc(O)cc3)c2=O)N1. The van der Waals surface area contributed by atoms with Gasteiger partial charge < -0.3 is 10.4 Å². The van der Waals surface area contributed by atoms with Gasteiger partial charge >= 0.3 is 0 Å². The Morgan fingerprint density at radius 1 is 1.25 bits per heavy atom. The van der Waals surface area contributed by atoms with Crippen LogP contribution < -0.4 is 10.9 Å². The zero-order valence-corrected chi connectivity index (χ0v) is 13.8. The predicted octanol–water partition coefficient (Wildman–Crippen LogP) is 2.32. The molecule has 2 aromatic rings. The van der Waals surface area contributed by atoms with Gasteiger partial charge in [0.05, 0.1) is 17.7 Å². The van der Waals surface area contributed by atoms with Crippen molar-refractivity contribution in [3.05, 3.63) is 40.2 Å². The lowest BCUT2D eigenvalue weighted by Gasteiger charge is -2.13. The zero-order valence-electron chi connectivity index (χ0n) is 13.0. The van der Waals surface area contributed by atoms with Gasteiger partial charge in [0.15, 0.2) is 5.16 Å². The van der Waals surface area contributed by atoms with Crippen LogP contribution in [0.4, 0.5) is 5.82 Å². The van der Waals surface area contributed by atoms with E-state index >= 15 is 0 Å².